The van der Waals surface area contributed by atoms with Crippen molar-refractivity contribution in [3.05, 3.63) is 70.2 Å². The Morgan fingerprint density at radius 3 is 2.58 bits per heavy atom. The standard InChI is InChI=1S/C19H16Cl2N2O/c20-15-4-1-13(2-5-15)18-12-23(9-10-24-18)19-8-3-14-11-16(21)6-7-17(14)22-19/h1-8,11,18H,9-10,12H2/t18-/m0/s1. The summed E-state index contributed by atoms with van der Waals surface area (Å²) in [7, 11) is 0. The van der Waals surface area contributed by atoms with E-state index in [-0.39, 0.29) is 6.10 Å². The van der Waals surface area contributed by atoms with Gasteiger partial charge in [-0.2, -0.15) is 0 Å². The van der Waals surface area contributed by atoms with Gasteiger partial charge in [0.1, 0.15) is 11.9 Å². The summed E-state index contributed by atoms with van der Waals surface area (Å²) in [6, 6.07) is 17.7. The van der Waals surface area contributed by atoms with Gasteiger partial charge in [-0.3, -0.25) is 0 Å². The molecule has 24 heavy (non-hydrogen) atoms. The van der Waals surface area contributed by atoms with E-state index in [0.29, 0.717) is 6.61 Å². The zero-order chi connectivity index (χ0) is 16.5. The van der Waals surface area contributed by atoms with Crippen molar-refractivity contribution in [1.82, 2.24) is 4.98 Å². The van der Waals surface area contributed by atoms with Gasteiger partial charge in [0.2, 0.25) is 0 Å². The second-order valence-electron chi connectivity index (χ2n) is 5.86. The van der Waals surface area contributed by atoms with E-state index in [1.54, 1.807) is 0 Å². The fraction of sp³-hybridized carbons (Fsp3) is 0.211. The maximum Gasteiger partial charge on any atom is 0.129 e. The maximum atomic E-state index is 6.04. The van der Waals surface area contributed by atoms with Crippen LogP contribution in [0.1, 0.15) is 11.7 Å². The summed E-state index contributed by atoms with van der Waals surface area (Å²) in [5.74, 6) is 0.965. The van der Waals surface area contributed by atoms with Crippen molar-refractivity contribution in [2.24, 2.45) is 0 Å². The normalized spacial score (nSPS) is 18.1. The molecule has 1 aromatic heterocycles. The van der Waals surface area contributed by atoms with E-state index < -0.39 is 0 Å². The molecule has 2 heterocycles. The van der Waals surface area contributed by atoms with E-state index >= 15 is 0 Å². The second kappa shape index (κ2) is 6.60. The van der Waals surface area contributed by atoms with Crippen LogP contribution in [0.25, 0.3) is 10.9 Å². The van der Waals surface area contributed by atoms with Gasteiger partial charge in [0.25, 0.3) is 0 Å². The Morgan fingerprint density at radius 1 is 0.958 bits per heavy atom. The van der Waals surface area contributed by atoms with Crippen LogP contribution < -0.4 is 4.90 Å². The molecule has 1 aliphatic heterocycles. The SMILES string of the molecule is Clc1ccc([C@@H]2CN(c3ccc4cc(Cl)ccc4n3)CCO2)cc1. The van der Waals surface area contributed by atoms with Crippen molar-refractivity contribution < 1.29 is 4.74 Å². The van der Waals surface area contributed by atoms with Crippen LogP contribution in [-0.2, 0) is 4.74 Å². The molecule has 0 radical (unpaired) electrons. The Morgan fingerprint density at radius 2 is 1.75 bits per heavy atom. The van der Waals surface area contributed by atoms with E-state index in [4.69, 9.17) is 32.9 Å². The van der Waals surface area contributed by atoms with E-state index in [1.807, 2.05) is 48.5 Å². The molecule has 3 aromatic rings. The fourth-order valence-electron chi connectivity index (χ4n) is 3.00. The first-order valence-electron chi connectivity index (χ1n) is 7.87. The van der Waals surface area contributed by atoms with Crippen LogP contribution in [0.4, 0.5) is 5.82 Å². The van der Waals surface area contributed by atoms with Crippen molar-refractivity contribution in [3.63, 3.8) is 0 Å². The highest BCUT2D eigenvalue weighted by Crippen LogP contribution is 2.27. The predicted octanol–water partition coefficient (Wildman–Crippen LogP) is 5.12. The Bertz CT molecular complexity index is 867. The molecule has 0 amide bonds. The van der Waals surface area contributed by atoms with Crippen LogP contribution >= 0.6 is 23.2 Å². The first kappa shape index (κ1) is 15.7. The van der Waals surface area contributed by atoms with Gasteiger partial charge in [-0.1, -0.05) is 35.3 Å². The van der Waals surface area contributed by atoms with Crippen molar-refractivity contribution >= 4 is 39.9 Å². The first-order chi connectivity index (χ1) is 11.7. The fourth-order valence-corrected chi connectivity index (χ4v) is 3.30. The van der Waals surface area contributed by atoms with E-state index in [1.165, 1.54) is 0 Å². The number of nitrogens with zero attached hydrogens (tertiary/aromatic N) is 2. The molecule has 0 aliphatic carbocycles. The summed E-state index contributed by atoms with van der Waals surface area (Å²) in [5, 5.41) is 2.52. The molecule has 1 fully saturated rings. The molecule has 122 valence electrons. The largest absolute Gasteiger partial charge is 0.370 e. The minimum atomic E-state index is 0.0266. The smallest absolute Gasteiger partial charge is 0.129 e. The summed E-state index contributed by atoms with van der Waals surface area (Å²) in [6.07, 6.45) is 0.0266. The molecule has 0 bridgehead atoms. The van der Waals surface area contributed by atoms with Crippen molar-refractivity contribution in [2.45, 2.75) is 6.10 Å². The van der Waals surface area contributed by atoms with E-state index in [0.717, 1.165) is 45.4 Å². The lowest BCUT2D eigenvalue weighted by Gasteiger charge is -2.34. The Labute approximate surface area is 150 Å². The summed E-state index contributed by atoms with van der Waals surface area (Å²) in [4.78, 5) is 7.03. The predicted molar refractivity (Wildman–Crippen MR) is 99.1 cm³/mol. The monoisotopic (exact) mass is 358 g/mol. The average molecular weight is 359 g/mol. The number of aromatic nitrogens is 1. The molecule has 4 rings (SSSR count). The summed E-state index contributed by atoms with van der Waals surface area (Å²) in [5.41, 5.74) is 2.09. The highest BCUT2D eigenvalue weighted by molar-refractivity contribution is 6.31. The van der Waals surface area contributed by atoms with Crippen LogP contribution in [0.2, 0.25) is 10.0 Å². The first-order valence-corrected chi connectivity index (χ1v) is 8.63. The quantitative estimate of drug-likeness (QED) is 0.635. The van der Waals surface area contributed by atoms with Crippen LogP contribution in [0, 0.1) is 0 Å². The molecule has 0 spiro atoms. The number of hydrogen-bond acceptors (Lipinski definition) is 3. The van der Waals surface area contributed by atoms with Crippen molar-refractivity contribution in [1.29, 1.82) is 0 Å². The number of anilines is 1. The lowest BCUT2D eigenvalue weighted by molar-refractivity contribution is 0.0395. The third kappa shape index (κ3) is 3.20. The summed E-state index contributed by atoms with van der Waals surface area (Å²) < 4.78 is 5.93. The van der Waals surface area contributed by atoms with Crippen molar-refractivity contribution in [2.75, 3.05) is 24.6 Å². The molecule has 0 unspecified atom stereocenters. The van der Waals surface area contributed by atoms with Gasteiger partial charge in [-0.25, -0.2) is 4.98 Å². The highest BCUT2D eigenvalue weighted by Gasteiger charge is 2.23. The Hall–Kier alpha value is -1.81. The highest BCUT2D eigenvalue weighted by atomic mass is 35.5. The average Bonchev–Trinajstić information content (AvgIpc) is 2.62. The number of benzene rings is 2. The second-order valence-corrected chi connectivity index (χ2v) is 6.74. The minimum absolute atomic E-state index is 0.0266. The van der Waals surface area contributed by atoms with Crippen LogP contribution in [0.5, 0.6) is 0 Å². The van der Waals surface area contributed by atoms with Gasteiger partial charge >= 0.3 is 0 Å². The number of halogens is 2. The summed E-state index contributed by atoms with van der Waals surface area (Å²) >= 11 is 12.0. The van der Waals surface area contributed by atoms with Crippen molar-refractivity contribution in [3.8, 4) is 0 Å². The van der Waals surface area contributed by atoms with Gasteiger partial charge < -0.3 is 9.64 Å². The topological polar surface area (TPSA) is 25.4 Å². The Kier molecular flexibility index (Phi) is 4.31. The van der Waals surface area contributed by atoms with Crippen LogP contribution in [0.15, 0.2) is 54.6 Å². The zero-order valence-electron chi connectivity index (χ0n) is 13.0. The molecule has 5 heteroatoms. The molecule has 1 saturated heterocycles. The van der Waals surface area contributed by atoms with Gasteiger partial charge in [0.15, 0.2) is 0 Å². The molecular formula is C19H16Cl2N2O. The lowest BCUT2D eigenvalue weighted by Crippen LogP contribution is -2.38. The van der Waals surface area contributed by atoms with Gasteiger partial charge in [-0.05, 0) is 48.0 Å². The number of hydrogen-bond donors (Lipinski definition) is 0. The number of rotatable bonds is 2. The van der Waals surface area contributed by atoms with Gasteiger partial charge in [-0.15, -0.1) is 0 Å². The number of morpholine rings is 1. The maximum absolute atomic E-state index is 6.04. The zero-order valence-corrected chi connectivity index (χ0v) is 14.5. The third-order valence-corrected chi connectivity index (χ3v) is 4.76. The summed E-state index contributed by atoms with van der Waals surface area (Å²) in [6.45, 7) is 2.28. The number of fused-ring (bicyclic) bond motifs is 1. The molecule has 0 saturated carbocycles. The van der Waals surface area contributed by atoms with Gasteiger partial charge in [0.05, 0.1) is 12.1 Å². The number of ether oxygens (including phenoxy) is 1. The molecule has 2 aromatic carbocycles. The molecule has 3 nitrogen and oxygen atoms in total. The lowest BCUT2D eigenvalue weighted by atomic mass is 10.1. The van der Waals surface area contributed by atoms with E-state index in [2.05, 4.69) is 11.0 Å². The van der Waals surface area contributed by atoms with Crippen LogP contribution in [-0.4, -0.2) is 24.7 Å². The minimum Gasteiger partial charge on any atom is -0.370 e. The molecule has 1 aliphatic rings. The Balaban J connectivity index is 1.59. The molecular weight excluding hydrogens is 343 g/mol. The third-order valence-electron chi connectivity index (χ3n) is 4.27. The van der Waals surface area contributed by atoms with E-state index in [9.17, 15) is 0 Å². The van der Waals surface area contributed by atoms with Gasteiger partial charge in [0, 0.05) is 28.5 Å². The number of pyridine rings is 1. The molecule has 0 N–H and O–H groups in total. The molecule has 1 atom stereocenters. The van der Waals surface area contributed by atoms with Crippen LogP contribution in [0.3, 0.4) is 0 Å².